The summed E-state index contributed by atoms with van der Waals surface area (Å²) in [4.78, 5) is 0. The third-order valence-electron chi connectivity index (χ3n) is 5.07. The number of terminal acetylenes is 3. The number of anilines is 2. The van der Waals surface area contributed by atoms with E-state index in [1.165, 1.54) is 24.3 Å². The van der Waals surface area contributed by atoms with E-state index in [9.17, 15) is 10.2 Å². The molecule has 6 heteroatoms. The van der Waals surface area contributed by atoms with Gasteiger partial charge in [0.2, 0.25) is 0 Å². The maximum Gasteiger partial charge on any atom is 0.159 e. The fraction of sp³-hybridized carbons (Fsp3) is 0. The Morgan fingerprint density at radius 2 is 1.24 bits per heavy atom. The molecule has 0 radical (unpaired) electrons. The van der Waals surface area contributed by atoms with E-state index in [2.05, 4.69) is 17.8 Å². The highest BCUT2D eigenvalue weighted by atomic mass is 16.5. The van der Waals surface area contributed by atoms with Gasteiger partial charge in [0, 0.05) is 23.1 Å². The molecule has 0 bridgehead atoms. The molecular weight excluding hydrogens is 428 g/mol. The highest BCUT2D eigenvalue weighted by molar-refractivity contribution is 5.98. The summed E-state index contributed by atoms with van der Waals surface area (Å²) >= 11 is 0. The van der Waals surface area contributed by atoms with Crippen LogP contribution in [-0.2, 0) is 0 Å². The van der Waals surface area contributed by atoms with Crippen molar-refractivity contribution in [2.45, 2.75) is 0 Å². The minimum atomic E-state index is -0.0715. The molecule has 0 amide bonds. The number of benzene rings is 4. The monoisotopic (exact) mass is 446 g/mol. The molecule has 0 saturated carbocycles. The Morgan fingerprint density at radius 3 is 1.76 bits per heavy atom. The first-order valence-electron chi connectivity index (χ1n) is 9.92. The molecule has 4 rings (SSSR count). The molecule has 0 unspecified atom stereocenters. The Bertz CT molecular complexity index is 1580. The number of phenols is 2. The number of rotatable bonds is 4. The molecular formula is C28H18N2O4. The molecule has 4 aromatic rings. The Morgan fingerprint density at radius 1 is 0.647 bits per heavy atom. The van der Waals surface area contributed by atoms with Crippen LogP contribution in [0.2, 0.25) is 0 Å². The zero-order valence-corrected chi connectivity index (χ0v) is 17.8. The molecule has 0 aliphatic heterocycles. The summed E-state index contributed by atoms with van der Waals surface area (Å²) in [7, 11) is 0. The molecule has 0 fully saturated rings. The lowest BCUT2D eigenvalue weighted by atomic mass is 9.95. The van der Waals surface area contributed by atoms with Crippen LogP contribution >= 0.6 is 0 Å². The lowest BCUT2D eigenvalue weighted by Gasteiger charge is -2.16. The molecule has 0 saturated heterocycles. The number of ether oxygens (including phenoxy) is 2. The third-order valence-corrected chi connectivity index (χ3v) is 5.07. The smallest absolute Gasteiger partial charge is 0.159 e. The van der Waals surface area contributed by atoms with Gasteiger partial charge >= 0.3 is 0 Å². The van der Waals surface area contributed by atoms with Crippen molar-refractivity contribution in [3.63, 3.8) is 0 Å². The van der Waals surface area contributed by atoms with Gasteiger partial charge in [0.25, 0.3) is 0 Å². The fourth-order valence-corrected chi connectivity index (χ4v) is 3.47. The number of aromatic hydroxyl groups is 2. The van der Waals surface area contributed by atoms with Gasteiger partial charge in [-0.2, -0.15) is 0 Å². The number of hydrogen-bond acceptors (Lipinski definition) is 6. The second-order valence-electron chi connectivity index (χ2n) is 7.28. The van der Waals surface area contributed by atoms with Crippen molar-refractivity contribution in [2.75, 3.05) is 11.5 Å². The molecule has 0 spiro atoms. The van der Waals surface area contributed by atoms with Crippen LogP contribution in [0.4, 0.5) is 11.4 Å². The molecule has 6 nitrogen and oxygen atoms in total. The first kappa shape index (κ1) is 21.8. The topological polar surface area (TPSA) is 111 Å². The van der Waals surface area contributed by atoms with E-state index in [0.29, 0.717) is 44.7 Å². The van der Waals surface area contributed by atoms with Gasteiger partial charge in [0.15, 0.2) is 5.75 Å². The van der Waals surface area contributed by atoms with Crippen molar-refractivity contribution in [3.8, 4) is 71.5 Å². The van der Waals surface area contributed by atoms with Crippen LogP contribution in [0, 0.1) is 37.0 Å². The van der Waals surface area contributed by atoms with Crippen LogP contribution in [0.3, 0.4) is 0 Å². The molecule has 34 heavy (non-hydrogen) atoms. The van der Waals surface area contributed by atoms with Crippen LogP contribution in [-0.4, -0.2) is 10.2 Å². The standard InChI is InChI=1S/C28H18N2O4/c1-4-16-12-21(33-19-7-9-25(31)23(29)14-19)13-18-11-17(5-2)28(22(6-3)27(16)18)34-20-8-10-26(32)24(30)15-20/h1-3,7-15,31-32H,29-30H2. The molecule has 0 aliphatic rings. The minimum Gasteiger partial charge on any atom is -0.506 e. The molecule has 0 aromatic heterocycles. The number of nitrogen functional groups attached to an aromatic ring is 2. The molecule has 0 aliphatic carbocycles. The zero-order valence-electron chi connectivity index (χ0n) is 17.8. The maximum absolute atomic E-state index is 9.68. The highest BCUT2D eigenvalue weighted by Gasteiger charge is 2.18. The van der Waals surface area contributed by atoms with Crippen molar-refractivity contribution >= 4 is 22.1 Å². The van der Waals surface area contributed by atoms with Gasteiger partial charge in [-0.15, -0.1) is 19.3 Å². The summed E-state index contributed by atoms with van der Waals surface area (Å²) in [6.45, 7) is 0. The van der Waals surface area contributed by atoms with E-state index >= 15 is 0 Å². The predicted octanol–water partition coefficient (Wildman–Crippen LogP) is 4.94. The van der Waals surface area contributed by atoms with Crippen LogP contribution in [0.5, 0.6) is 34.5 Å². The maximum atomic E-state index is 9.68. The van der Waals surface area contributed by atoms with Crippen LogP contribution in [0.15, 0.2) is 54.6 Å². The van der Waals surface area contributed by atoms with E-state index in [1.807, 2.05) is 0 Å². The second kappa shape index (κ2) is 8.63. The molecule has 0 heterocycles. The van der Waals surface area contributed by atoms with Gasteiger partial charge in [0.1, 0.15) is 28.7 Å². The summed E-state index contributed by atoms with van der Waals surface area (Å²) in [5.74, 6) is 9.19. The normalized spacial score (nSPS) is 10.1. The van der Waals surface area contributed by atoms with Crippen LogP contribution in [0.1, 0.15) is 16.7 Å². The Hall–Kier alpha value is -5.38. The largest absolute Gasteiger partial charge is 0.506 e. The van der Waals surface area contributed by atoms with Crippen molar-refractivity contribution in [3.05, 3.63) is 71.3 Å². The molecule has 164 valence electrons. The Balaban J connectivity index is 1.87. The summed E-state index contributed by atoms with van der Waals surface area (Å²) < 4.78 is 11.9. The van der Waals surface area contributed by atoms with E-state index < -0.39 is 0 Å². The first-order chi connectivity index (χ1) is 16.3. The summed E-state index contributed by atoms with van der Waals surface area (Å²) in [6, 6.07) is 14.0. The van der Waals surface area contributed by atoms with Crippen LogP contribution < -0.4 is 20.9 Å². The van der Waals surface area contributed by atoms with Gasteiger partial charge in [-0.25, -0.2) is 0 Å². The summed E-state index contributed by atoms with van der Waals surface area (Å²) in [5, 5.41) is 20.6. The van der Waals surface area contributed by atoms with E-state index in [1.54, 1.807) is 30.3 Å². The molecule has 6 N–H and O–H groups in total. The van der Waals surface area contributed by atoms with E-state index in [-0.39, 0.29) is 28.6 Å². The first-order valence-corrected chi connectivity index (χ1v) is 9.92. The molecule has 4 aromatic carbocycles. The van der Waals surface area contributed by atoms with Crippen molar-refractivity contribution < 1.29 is 19.7 Å². The average Bonchev–Trinajstić information content (AvgIpc) is 2.82. The number of phenolic OH excluding ortho intramolecular Hbond substituents is 2. The van der Waals surface area contributed by atoms with Crippen molar-refractivity contribution in [2.24, 2.45) is 0 Å². The second-order valence-corrected chi connectivity index (χ2v) is 7.28. The Labute approximate surface area is 196 Å². The Kier molecular flexibility index (Phi) is 5.54. The molecule has 0 atom stereocenters. The van der Waals surface area contributed by atoms with Gasteiger partial charge in [-0.3, -0.25) is 0 Å². The quantitative estimate of drug-likeness (QED) is 0.201. The minimum absolute atomic E-state index is 0.0459. The van der Waals surface area contributed by atoms with E-state index in [4.69, 9.17) is 40.2 Å². The van der Waals surface area contributed by atoms with E-state index in [0.717, 1.165) is 0 Å². The average molecular weight is 446 g/mol. The van der Waals surface area contributed by atoms with Crippen molar-refractivity contribution in [1.82, 2.24) is 0 Å². The van der Waals surface area contributed by atoms with Crippen molar-refractivity contribution in [1.29, 1.82) is 0 Å². The lowest BCUT2D eigenvalue weighted by Crippen LogP contribution is -1.97. The highest BCUT2D eigenvalue weighted by Crippen LogP contribution is 2.40. The zero-order chi connectivity index (χ0) is 24.4. The predicted molar refractivity (Wildman–Crippen MR) is 133 cm³/mol. The van der Waals surface area contributed by atoms with Gasteiger partial charge in [-0.1, -0.05) is 17.8 Å². The summed E-state index contributed by atoms with van der Waals surface area (Å²) in [5.41, 5.74) is 13.1. The lowest BCUT2D eigenvalue weighted by molar-refractivity contribution is 0.465. The SMILES string of the molecule is C#Cc1cc2cc(Oc3ccc(O)c(N)c3)cc(C#C)c2c(C#C)c1Oc1ccc(O)c(N)c1. The number of hydrogen-bond donors (Lipinski definition) is 4. The summed E-state index contributed by atoms with van der Waals surface area (Å²) in [6.07, 6.45) is 17.4. The fourth-order valence-electron chi connectivity index (χ4n) is 3.47. The number of fused-ring (bicyclic) bond motifs is 1. The van der Waals surface area contributed by atoms with Gasteiger partial charge < -0.3 is 31.2 Å². The third kappa shape index (κ3) is 3.94. The van der Waals surface area contributed by atoms with Gasteiger partial charge in [-0.05, 0) is 47.9 Å². The number of nitrogens with two attached hydrogens (primary N) is 2. The van der Waals surface area contributed by atoms with Crippen LogP contribution in [0.25, 0.3) is 10.8 Å². The van der Waals surface area contributed by atoms with Gasteiger partial charge in [0.05, 0.1) is 22.5 Å².